The third-order valence-electron chi connectivity index (χ3n) is 3.53. The van der Waals surface area contributed by atoms with Crippen LogP contribution in [0.3, 0.4) is 0 Å². The van der Waals surface area contributed by atoms with Crippen molar-refractivity contribution in [1.82, 2.24) is 5.32 Å². The van der Waals surface area contributed by atoms with Crippen LogP contribution >= 0.6 is 11.8 Å². The van der Waals surface area contributed by atoms with Crippen LogP contribution in [-0.2, 0) is 4.79 Å². The molecule has 4 heteroatoms. The molecule has 0 spiro atoms. The summed E-state index contributed by atoms with van der Waals surface area (Å²) in [4.78, 5) is 11.8. The minimum absolute atomic E-state index is 0.192. The molecule has 3 nitrogen and oxygen atoms in total. The van der Waals surface area contributed by atoms with E-state index in [1.807, 2.05) is 0 Å². The SMILES string of the molecule is CC(CCN)SCC(=O)NC1CCCCC1C. The lowest BCUT2D eigenvalue weighted by Crippen LogP contribution is -2.42. The average molecular weight is 258 g/mol. The van der Waals surface area contributed by atoms with E-state index in [4.69, 9.17) is 5.73 Å². The third kappa shape index (κ3) is 5.77. The highest BCUT2D eigenvalue weighted by Crippen LogP contribution is 2.23. The molecule has 1 rings (SSSR count). The summed E-state index contributed by atoms with van der Waals surface area (Å²) < 4.78 is 0. The van der Waals surface area contributed by atoms with E-state index < -0.39 is 0 Å². The highest BCUT2D eigenvalue weighted by molar-refractivity contribution is 8.00. The molecule has 3 atom stereocenters. The van der Waals surface area contributed by atoms with Gasteiger partial charge in [0.25, 0.3) is 0 Å². The predicted octanol–water partition coefficient (Wildman–Crippen LogP) is 2.15. The normalized spacial score (nSPS) is 26.5. The summed E-state index contributed by atoms with van der Waals surface area (Å²) in [5.74, 6) is 1.40. The van der Waals surface area contributed by atoms with Gasteiger partial charge < -0.3 is 11.1 Å². The van der Waals surface area contributed by atoms with Crippen LogP contribution in [0.2, 0.25) is 0 Å². The number of nitrogens with one attached hydrogen (secondary N) is 1. The topological polar surface area (TPSA) is 55.1 Å². The number of carbonyl (C=O) groups excluding carboxylic acids is 1. The molecule has 0 aromatic rings. The summed E-state index contributed by atoms with van der Waals surface area (Å²) in [7, 11) is 0. The number of hydrogen-bond acceptors (Lipinski definition) is 3. The van der Waals surface area contributed by atoms with Gasteiger partial charge >= 0.3 is 0 Å². The smallest absolute Gasteiger partial charge is 0.230 e. The van der Waals surface area contributed by atoms with Gasteiger partial charge in [0.05, 0.1) is 5.75 Å². The lowest BCUT2D eigenvalue weighted by atomic mass is 9.86. The fraction of sp³-hybridized carbons (Fsp3) is 0.923. The van der Waals surface area contributed by atoms with Gasteiger partial charge in [0.1, 0.15) is 0 Å². The van der Waals surface area contributed by atoms with Gasteiger partial charge in [-0.05, 0) is 31.7 Å². The average Bonchev–Trinajstić information content (AvgIpc) is 2.30. The Labute approximate surface area is 109 Å². The van der Waals surface area contributed by atoms with Crippen molar-refractivity contribution in [3.8, 4) is 0 Å². The molecule has 17 heavy (non-hydrogen) atoms. The first kappa shape index (κ1) is 14.8. The van der Waals surface area contributed by atoms with Crippen LogP contribution < -0.4 is 11.1 Å². The zero-order chi connectivity index (χ0) is 12.7. The molecule has 1 fully saturated rings. The molecular formula is C13H26N2OS. The Hall–Kier alpha value is -0.220. The molecule has 0 saturated heterocycles. The number of nitrogens with two attached hydrogens (primary N) is 1. The molecule has 0 aliphatic heterocycles. The molecule has 3 unspecified atom stereocenters. The molecule has 1 saturated carbocycles. The second-order valence-corrected chi connectivity index (χ2v) is 6.56. The predicted molar refractivity (Wildman–Crippen MR) is 75.2 cm³/mol. The summed E-state index contributed by atoms with van der Waals surface area (Å²) in [5, 5.41) is 3.66. The van der Waals surface area contributed by atoms with Crippen molar-refractivity contribution in [2.45, 2.75) is 57.2 Å². The van der Waals surface area contributed by atoms with Gasteiger partial charge in [-0.1, -0.05) is 26.7 Å². The van der Waals surface area contributed by atoms with E-state index in [0.29, 0.717) is 29.5 Å². The van der Waals surface area contributed by atoms with Crippen molar-refractivity contribution in [1.29, 1.82) is 0 Å². The Morgan fingerprint density at radius 1 is 1.47 bits per heavy atom. The van der Waals surface area contributed by atoms with Crippen LogP contribution in [0.1, 0.15) is 46.0 Å². The first-order chi connectivity index (χ1) is 8.13. The van der Waals surface area contributed by atoms with E-state index >= 15 is 0 Å². The monoisotopic (exact) mass is 258 g/mol. The van der Waals surface area contributed by atoms with Crippen LogP contribution in [0.5, 0.6) is 0 Å². The summed E-state index contributed by atoms with van der Waals surface area (Å²) in [5.41, 5.74) is 5.49. The van der Waals surface area contributed by atoms with Crippen molar-refractivity contribution in [2.24, 2.45) is 11.7 Å². The summed E-state index contributed by atoms with van der Waals surface area (Å²) >= 11 is 1.71. The fourth-order valence-electron chi connectivity index (χ4n) is 2.32. The van der Waals surface area contributed by atoms with E-state index in [1.165, 1.54) is 19.3 Å². The van der Waals surface area contributed by atoms with Crippen molar-refractivity contribution >= 4 is 17.7 Å². The molecule has 0 radical (unpaired) electrons. The van der Waals surface area contributed by atoms with Gasteiger partial charge in [-0.25, -0.2) is 0 Å². The minimum Gasteiger partial charge on any atom is -0.352 e. The number of rotatable bonds is 6. The first-order valence-corrected chi connectivity index (χ1v) is 7.79. The number of amides is 1. The Morgan fingerprint density at radius 2 is 2.18 bits per heavy atom. The van der Waals surface area contributed by atoms with Crippen LogP contribution in [0.15, 0.2) is 0 Å². The second kappa shape index (κ2) is 7.98. The van der Waals surface area contributed by atoms with E-state index in [1.54, 1.807) is 11.8 Å². The van der Waals surface area contributed by atoms with E-state index in [9.17, 15) is 4.79 Å². The van der Waals surface area contributed by atoms with Gasteiger partial charge in [0.2, 0.25) is 5.91 Å². The fourth-order valence-corrected chi connectivity index (χ4v) is 3.14. The van der Waals surface area contributed by atoms with Gasteiger partial charge in [-0.2, -0.15) is 0 Å². The lowest BCUT2D eigenvalue weighted by molar-refractivity contribution is -0.119. The van der Waals surface area contributed by atoms with E-state index in [2.05, 4.69) is 19.2 Å². The van der Waals surface area contributed by atoms with E-state index in [-0.39, 0.29) is 5.91 Å². The number of carbonyl (C=O) groups is 1. The summed E-state index contributed by atoms with van der Waals surface area (Å²) in [6, 6.07) is 0.404. The Morgan fingerprint density at radius 3 is 2.82 bits per heavy atom. The van der Waals surface area contributed by atoms with Crippen LogP contribution in [-0.4, -0.2) is 29.5 Å². The van der Waals surface area contributed by atoms with Crippen molar-refractivity contribution in [3.63, 3.8) is 0 Å². The quantitative estimate of drug-likeness (QED) is 0.767. The molecule has 1 aliphatic carbocycles. The summed E-state index contributed by atoms with van der Waals surface area (Å²) in [6.07, 6.45) is 5.96. The third-order valence-corrected chi connectivity index (χ3v) is 4.76. The van der Waals surface area contributed by atoms with Crippen LogP contribution in [0.25, 0.3) is 0 Å². The van der Waals surface area contributed by atoms with Crippen molar-refractivity contribution < 1.29 is 4.79 Å². The zero-order valence-corrected chi connectivity index (χ0v) is 11.9. The van der Waals surface area contributed by atoms with Gasteiger partial charge in [-0.15, -0.1) is 11.8 Å². The number of thioether (sulfide) groups is 1. The van der Waals surface area contributed by atoms with Crippen LogP contribution in [0, 0.1) is 5.92 Å². The Kier molecular flexibility index (Phi) is 6.97. The second-order valence-electron chi connectivity index (χ2n) is 5.13. The molecule has 1 aliphatic rings. The zero-order valence-electron chi connectivity index (χ0n) is 11.1. The largest absolute Gasteiger partial charge is 0.352 e. The Balaban J connectivity index is 2.19. The number of hydrogen-bond donors (Lipinski definition) is 2. The molecule has 0 aromatic carbocycles. The molecule has 0 heterocycles. The van der Waals surface area contributed by atoms with Crippen LogP contribution in [0.4, 0.5) is 0 Å². The van der Waals surface area contributed by atoms with Crippen molar-refractivity contribution in [3.05, 3.63) is 0 Å². The van der Waals surface area contributed by atoms with Crippen molar-refractivity contribution in [2.75, 3.05) is 12.3 Å². The molecule has 3 N–H and O–H groups in total. The highest BCUT2D eigenvalue weighted by atomic mass is 32.2. The summed E-state index contributed by atoms with van der Waals surface area (Å²) in [6.45, 7) is 5.08. The van der Waals surface area contributed by atoms with Gasteiger partial charge in [0, 0.05) is 11.3 Å². The van der Waals surface area contributed by atoms with Gasteiger partial charge in [-0.3, -0.25) is 4.79 Å². The molecule has 0 bridgehead atoms. The van der Waals surface area contributed by atoms with Gasteiger partial charge in [0.15, 0.2) is 0 Å². The molecule has 1 amide bonds. The highest BCUT2D eigenvalue weighted by Gasteiger charge is 2.22. The molecule has 0 aromatic heterocycles. The maximum absolute atomic E-state index is 11.8. The molecular weight excluding hydrogens is 232 g/mol. The maximum Gasteiger partial charge on any atom is 0.230 e. The molecule has 100 valence electrons. The lowest BCUT2D eigenvalue weighted by Gasteiger charge is -2.29. The Bertz CT molecular complexity index is 235. The minimum atomic E-state index is 0.192. The first-order valence-electron chi connectivity index (χ1n) is 6.74. The maximum atomic E-state index is 11.8. The van der Waals surface area contributed by atoms with E-state index in [0.717, 1.165) is 12.8 Å². The standard InChI is InChI=1S/C13H26N2OS/c1-10-5-3-4-6-12(10)15-13(16)9-17-11(2)7-8-14/h10-12H,3-9,14H2,1-2H3,(H,15,16).